The minimum atomic E-state index is -0.148. The van der Waals surface area contributed by atoms with Gasteiger partial charge in [-0.25, -0.2) is 0 Å². The number of aliphatic hydroxyl groups excluding tert-OH is 1. The number of fused-ring (bicyclic) bond motifs is 1. The second-order valence-corrected chi connectivity index (χ2v) is 6.79. The lowest BCUT2D eigenvalue weighted by Gasteiger charge is -2.09. The van der Waals surface area contributed by atoms with Gasteiger partial charge in [0.05, 0.1) is 13.2 Å². The van der Waals surface area contributed by atoms with E-state index in [2.05, 4.69) is 5.32 Å². The first-order valence-electron chi connectivity index (χ1n) is 8.89. The maximum absolute atomic E-state index is 12.5. The standard InChI is InChI=1S/C22H21NO3/c24-13-16-3-4-19-12-20(8-5-18(19)11-16)23-22(25)17-6-9-21(10-7-17)26-14-15-1-2-15/h3-12,15,24H,1-2,13-14H2,(H,23,25). The average molecular weight is 347 g/mol. The number of anilines is 1. The van der Waals surface area contributed by atoms with Crippen LogP contribution in [-0.2, 0) is 6.61 Å². The summed E-state index contributed by atoms with van der Waals surface area (Å²) in [6, 6.07) is 18.8. The summed E-state index contributed by atoms with van der Waals surface area (Å²) < 4.78 is 5.70. The van der Waals surface area contributed by atoms with Crippen molar-refractivity contribution in [3.05, 3.63) is 71.8 Å². The van der Waals surface area contributed by atoms with E-state index in [-0.39, 0.29) is 12.5 Å². The van der Waals surface area contributed by atoms with Gasteiger partial charge in [0.2, 0.25) is 0 Å². The normalized spacial score (nSPS) is 13.6. The van der Waals surface area contributed by atoms with Crippen LogP contribution in [0.5, 0.6) is 5.75 Å². The van der Waals surface area contributed by atoms with E-state index in [1.165, 1.54) is 12.8 Å². The number of rotatable bonds is 6. The Morgan fingerprint density at radius 3 is 2.46 bits per heavy atom. The van der Waals surface area contributed by atoms with Crippen LogP contribution in [0.2, 0.25) is 0 Å². The van der Waals surface area contributed by atoms with Gasteiger partial charge in [-0.1, -0.05) is 18.2 Å². The summed E-state index contributed by atoms with van der Waals surface area (Å²) >= 11 is 0. The Kier molecular flexibility index (Phi) is 4.59. The molecule has 0 atom stereocenters. The Balaban J connectivity index is 1.44. The minimum Gasteiger partial charge on any atom is -0.493 e. The molecule has 2 N–H and O–H groups in total. The fourth-order valence-corrected chi connectivity index (χ4v) is 2.88. The van der Waals surface area contributed by atoms with Crippen LogP contribution in [0.3, 0.4) is 0 Å². The molecule has 1 saturated carbocycles. The number of hydrogen-bond acceptors (Lipinski definition) is 3. The van der Waals surface area contributed by atoms with Crippen molar-refractivity contribution in [2.45, 2.75) is 19.4 Å². The summed E-state index contributed by atoms with van der Waals surface area (Å²) in [4.78, 5) is 12.5. The highest BCUT2D eigenvalue weighted by Crippen LogP contribution is 2.29. The summed E-state index contributed by atoms with van der Waals surface area (Å²) in [5.41, 5.74) is 2.21. The van der Waals surface area contributed by atoms with Gasteiger partial charge in [-0.3, -0.25) is 4.79 Å². The minimum absolute atomic E-state index is 0.0226. The lowest BCUT2D eigenvalue weighted by molar-refractivity contribution is 0.102. The van der Waals surface area contributed by atoms with Gasteiger partial charge in [0.15, 0.2) is 0 Å². The second kappa shape index (κ2) is 7.18. The maximum Gasteiger partial charge on any atom is 0.255 e. The van der Waals surface area contributed by atoms with Crippen LogP contribution < -0.4 is 10.1 Å². The zero-order valence-corrected chi connectivity index (χ0v) is 14.4. The van der Waals surface area contributed by atoms with Crippen LogP contribution >= 0.6 is 0 Å². The Labute approximate surface area is 152 Å². The third-order valence-corrected chi connectivity index (χ3v) is 4.64. The second-order valence-electron chi connectivity index (χ2n) is 6.79. The molecule has 1 amide bonds. The molecule has 4 nitrogen and oxygen atoms in total. The predicted molar refractivity (Wildman–Crippen MR) is 102 cm³/mol. The van der Waals surface area contributed by atoms with Crippen molar-refractivity contribution in [2.24, 2.45) is 5.92 Å². The SMILES string of the molecule is O=C(Nc1ccc2cc(CO)ccc2c1)c1ccc(OCC2CC2)cc1. The molecule has 0 unspecified atom stereocenters. The molecule has 1 aliphatic carbocycles. The van der Waals surface area contributed by atoms with Crippen LogP contribution in [-0.4, -0.2) is 17.6 Å². The molecular formula is C22H21NO3. The third-order valence-electron chi connectivity index (χ3n) is 4.64. The molecule has 0 aliphatic heterocycles. The summed E-state index contributed by atoms with van der Waals surface area (Å²) in [6.45, 7) is 0.787. The molecule has 4 rings (SSSR count). The topological polar surface area (TPSA) is 58.6 Å². The lowest BCUT2D eigenvalue weighted by atomic mass is 10.1. The maximum atomic E-state index is 12.5. The smallest absolute Gasteiger partial charge is 0.255 e. The number of carbonyl (C=O) groups excluding carboxylic acids is 1. The van der Waals surface area contributed by atoms with E-state index in [4.69, 9.17) is 4.74 Å². The Morgan fingerprint density at radius 1 is 1.00 bits per heavy atom. The first-order valence-corrected chi connectivity index (χ1v) is 8.89. The molecule has 132 valence electrons. The van der Waals surface area contributed by atoms with Crippen molar-refractivity contribution in [1.29, 1.82) is 0 Å². The van der Waals surface area contributed by atoms with Crippen molar-refractivity contribution in [3.63, 3.8) is 0 Å². The molecule has 1 aliphatic rings. The van der Waals surface area contributed by atoms with Crippen LogP contribution in [0.25, 0.3) is 10.8 Å². The van der Waals surface area contributed by atoms with Crippen molar-refractivity contribution < 1.29 is 14.6 Å². The predicted octanol–water partition coefficient (Wildman–Crippen LogP) is 4.37. The van der Waals surface area contributed by atoms with Gasteiger partial charge in [0.25, 0.3) is 5.91 Å². The molecule has 26 heavy (non-hydrogen) atoms. The van der Waals surface area contributed by atoms with Gasteiger partial charge in [0, 0.05) is 11.3 Å². The quantitative estimate of drug-likeness (QED) is 0.696. The number of carbonyl (C=O) groups is 1. The highest BCUT2D eigenvalue weighted by atomic mass is 16.5. The summed E-state index contributed by atoms with van der Waals surface area (Å²) in [6.07, 6.45) is 2.51. The molecule has 0 saturated heterocycles. The number of nitrogens with one attached hydrogen (secondary N) is 1. The number of ether oxygens (including phenoxy) is 1. The van der Waals surface area contributed by atoms with Crippen LogP contribution in [0, 0.1) is 5.92 Å². The highest BCUT2D eigenvalue weighted by Gasteiger charge is 2.21. The largest absolute Gasteiger partial charge is 0.493 e. The van der Waals surface area contributed by atoms with Gasteiger partial charge in [-0.2, -0.15) is 0 Å². The molecular weight excluding hydrogens is 326 g/mol. The van der Waals surface area contributed by atoms with Crippen molar-refractivity contribution in [3.8, 4) is 5.75 Å². The van der Waals surface area contributed by atoms with Gasteiger partial charge in [-0.15, -0.1) is 0 Å². The molecule has 4 heteroatoms. The van der Waals surface area contributed by atoms with Gasteiger partial charge in [0.1, 0.15) is 5.75 Å². The molecule has 0 radical (unpaired) electrons. The van der Waals surface area contributed by atoms with E-state index in [0.717, 1.165) is 34.4 Å². The van der Waals surface area contributed by atoms with E-state index in [0.29, 0.717) is 11.5 Å². The van der Waals surface area contributed by atoms with E-state index in [1.807, 2.05) is 48.5 Å². The summed E-state index contributed by atoms with van der Waals surface area (Å²) in [5, 5.41) is 14.2. The molecule has 3 aromatic carbocycles. The highest BCUT2D eigenvalue weighted by molar-refractivity contribution is 6.05. The zero-order chi connectivity index (χ0) is 17.9. The molecule has 0 aromatic heterocycles. The van der Waals surface area contributed by atoms with Crippen molar-refractivity contribution in [2.75, 3.05) is 11.9 Å². The van der Waals surface area contributed by atoms with Gasteiger partial charge >= 0.3 is 0 Å². The van der Waals surface area contributed by atoms with E-state index in [1.54, 1.807) is 12.1 Å². The summed E-state index contributed by atoms with van der Waals surface area (Å²) in [7, 11) is 0. The van der Waals surface area contributed by atoms with Gasteiger partial charge in [-0.05, 0) is 77.6 Å². The lowest BCUT2D eigenvalue weighted by Crippen LogP contribution is -2.11. The summed E-state index contributed by atoms with van der Waals surface area (Å²) in [5.74, 6) is 1.36. The zero-order valence-electron chi connectivity index (χ0n) is 14.4. The first kappa shape index (κ1) is 16.6. The molecule has 1 fully saturated rings. The Bertz CT molecular complexity index is 930. The monoisotopic (exact) mass is 347 g/mol. The van der Waals surface area contributed by atoms with Crippen molar-refractivity contribution >= 4 is 22.4 Å². The van der Waals surface area contributed by atoms with E-state index >= 15 is 0 Å². The van der Waals surface area contributed by atoms with Crippen LogP contribution in [0.4, 0.5) is 5.69 Å². The number of aliphatic hydroxyl groups is 1. The molecule has 0 bridgehead atoms. The first-order chi connectivity index (χ1) is 12.7. The van der Waals surface area contributed by atoms with E-state index in [9.17, 15) is 9.90 Å². The Hall–Kier alpha value is -2.85. The van der Waals surface area contributed by atoms with Gasteiger partial charge < -0.3 is 15.2 Å². The van der Waals surface area contributed by atoms with E-state index < -0.39 is 0 Å². The van der Waals surface area contributed by atoms with Crippen molar-refractivity contribution in [1.82, 2.24) is 0 Å². The number of hydrogen-bond donors (Lipinski definition) is 2. The van der Waals surface area contributed by atoms with Crippen LogP contribution in [0.1, 0.15) is 28.8 Å². The average Bonchev–Trinajstić information content (AvgIpc) is 3.51. The third kappa shape index (κ3) is 3.86. The molecule has 0 heterocycles. The molecule has 0 spiro atoms. The number of benzene rings is 3. The molecule has 3 aromatic rings. The Morgan fingerprint density at radius 2 is 1.73 bits per heavy atom. The number of amides is 1. The van der Waals surface area contributed by atoms with Crippen LogP contribution in [0.15, 0.2) is 60.7 Å². The fourth-order valence-electron chi connectivity index (χ4n) is 2.88. The fraction of sp³-hybridized carbons (Fsp3) is 0.227.